The summed E-state index contributed by atoms with van der Waals surface area (Å²) in [4.78, 5) is 21.7. The molecule has 6 nitrogen and oxygen atoms in total. The van der Waals surface area contributed by atoms with Crippen molar-refractivity contribution in [1.29, 1.82) is 0 Å². The van der Waals surface area contributed by atoms with Crippen molar-refractivity contribution in [3.63, 3.8) is 0 Å². The molecule has 2 N–H and O–H groups in total. The Bertz CT molecular complexity index is 622. The van der Waals surface area contributed by atoms with Gasteiger partial charge in [-0.05, 0) is 68.9 Å². The van der Waals surface area contributed by atoms with Crippen LogP contribution in [0.3, 0.4) is 0 Å². The highest BCUT2D eigenvalue weighted by Crippen LogP contribution is 2.47. The third-order valence-electron chi connectivity index (χ3n) is 6.27. The number of likely N-dealkylation sites (N-methyl/N-ethyl adjacent to an activating group) is 1. The van der Waals surface area contributed by atoms with E-state index in [9.17, 15) is 4.79 Å². The minimum absolute atomic E-state index is 0.242. The Morgan fingerprint density at radius 2 is 2.04 bits per heavy atom. The minimum Gasteiger partial charge on any atom is -0.354 e. The first-order valence-corrected chi connectivity index (χ1v) is 10.1. The number of aromatic nitrogens is 1. The van der Waals surface area contributed by atoms with Crippen LogP contribution in [0.5, 0.6) is 0 Å². The molecule has 0 aromatic carbocycles. The van der Waals surface area contributed by atoms with E-state index in [1.165, 1.54) is 12.8 Å². The second kappa shape index (κ2) is 7.92. The van der Waals surface area contributed by atoms with Crippen molar-refractivity contribution < 1.29 is 4.79 Å². The first-order valence-electron chi connectivity index (χ1n) is 10.1. The lowest BCUT2D eigenvalue weighted by Gasteiger charge is -2.33. The minimum atomic E-state index is 0.242. The zero-order valence-electron chi connectivity index (χ0n) is 15.8. The number of pyridine rings is 1. The van der Waals surface area contributed by atoms with Gasteiger partial charge < -0.3 is 20.4 Å². The van der Waals surface area contributed by atoms with Gasteiger partial charge in [-0.3, -0.25) is 4.79 Å². The number of anilines is 1. The van der Waals surface area contributed by atoms with E-state index in [0.717, 1.165) is 63.0 Å². The predicted octanol–water partition coefficient (Wildman–Crippen LogP) is 1.09. The first kappa shape index (κ1) is 17.7. The molecule has 1 saturated carbocycles. The van der Waals surface area contributed by atoms with Gasteiger partial charge in [0.25, 0.3) is 0 Å². The van der Waals surface area contributed by atoms with E-state index >= 15 is 0 Å². The van der Waals surface area contributed by atoms with Crippen molar-refractivity contribution >= 4 is 11.7 Å². The molecule has 1 aromatic rings. The molecule has 0 radical (unpaired) electrons. The molecular weight excluding hydrogens is 326 g/mol. The Hall–Kier alpha value is -1.66. The van der Waals surface area contributed by atoms with E-state index in [4.69, 9.17) is 0 Å². The van der Waals surface area contributed by atoms with Gasteiger partial charge >= 0.3 is 0 Å². The van der Waals surface area contributed by atoms with Crippen LogP contribution in [0.15, 0.2) is 18.3 Å². The molecule has 0 spiro atoms. The van der Waals surface area contributed by atoms with Crippen LogP contribution in [-0.4, -0.2) is 62.1 Å². The number of amides is 1. The number of nitrogens with zero attached hydrogens (tertiary/aromatic N) is 3. The van der Waals surface area contributed by atoms with Gasteiger partial charge in [0, 0.05) is 44.8 Å². The number of carbonyl (C=O) groups excluding carboxylic acids is 1. The number of hydrogen-bond acceptors (Lipinski definition) is 5. The lowest BCUT2D eigenvalue weighted by atomic mass is 9.92. The second-order valence-electron chi connectivity index (χ2n) is 8.12. The lowest BCUT2D eigenvalue weighted by Crippen LogP contribution is -2.44. The summed E-state index contributed by atoms with van der Waals surface area (Å²) in [7, 11) is 2.16. The van der Waals surface area contributed by atoms with Gasteiger partial charge in [0.15, 0.2) is 0 Å². The van der Waals surface area contributed by atoms with Crippen LogP contribution in [0.4, 0.5) is 5.82 Å². The fourth-order valence-corrected chi connectivity index (χ4v) is 4.41. The van der Waals surface area contributed by atoms with Gasteiger partial charge in [-0.15, -0.1) is 0 Å². The summed E-state index contributed by atoms with van der Waals surface area (Å²) in [6.45, 7) is 7.00. The van der Waals surface area contributed by atoms with Gasteiger partial charge in [0.2, 0.25) is 5.91 Å². The number of rotatable bonds is 5. The maximum absolute atomic E-state index is 12.5. The maximum Gasteiger partial charge on any atom is 0.223 e. The molecule has 142 valence electrons. The van der Waals surface area contributed by atoms with Gasteiger partial charge in [-0.1, -0.05) is 0 Å². The normalized spacial score (nSPS) is 27.3. The SMILES string of the molecule is CN1CCN(c2cc(CNC(=O)[C@@H]3C[C@H]3C3CCNCC3)ccn2)CC1. The van der Waals surface area contributed by atoms with Crippen LogP contribution in [0.25, 0.3) is 0 Å². The standard InChI is InChI=1S/C20H31N5O/c1-24-8-10-25(11-9-24)19-12-15(2-7-22-19)14-23-20(26)18-13-17(18)16-3-5-21-6-4-16/h2,7,12,16-18,21H,3-6,8-11,13-14H2,1H3,(H,23,26)/t17-,18+/m0/s1. The molecule has 3 fully saturated rings. The molecule has 4 rings (SSSR count). The molecule has 3 heterocycles. The van der Waals surface area contributed by atoms with Crippen molar-refractivity contribution in [2.24, 2.45) is 17.8 Å². The summed E-state index contributed by atoms with van der Waals surface area (Å²) in [6, 6.07) is 4.14. The van der Waals surface area contributed by atoms with Crippen LogP contribution in [0.2, 0.25) is 0 Å². The summed E-state index contributed by atoms with van der Waals surface area (Å²) in [5.41, 5.74) is 1.14. The van der Waals surface area contributed by atoms with Crippen molar-refractivity contribution in [2.45, 2.75) is 25.8 Å². The first-order chi connectivity index (χ1) is 12.7. The summed E-state index contributed by atoms with van der Waals surface area (Å²) < 4.78 is 0. The molecule has 1 aliphatic carbocycles. The molecular formula is C20H31N5O. The number of piperazine rings is 1. The quantitative estimate of drug-likeness (QED) is 0.826. The zero-order valence-corrected chi connectivity index (χ0v) is 15.8. The van der Waals surface area contributed by atoms with Crippen LogP contribution < -0.4 is 15.5 Å². The van der Waals surface area contributed by atoms with E-state index in [2.05, 4.69) is 38.5 Å². The molecule has 3 aliphatic rings. The number of hydrogen-bond donors (Lipinski definition) is 2. The fourth-order valence-electron chi connectivity index (χ4n) is 4.41. The molecule has 2 atom stereocenters. The van der Waals surface area contributed by atoms with Gasteiger partial charge in [-0.25, -0.2) is 4.98 Å². The highest BCUT2D eigenvalue weighted by Gasteiger charge is 2.47. The van der Waals surface area contributed by atoms with Crippen molar-refractivity contribution in [2.75, 3.05) is 51.2 Å². The lowest BCUT2D eigenvalue weighted by molar-refractivity contribution is -0.123. The van der Waals surface area contributed by atoms with E-state index < -0.39 is 0 Å². The van der Waals surface area contributed by atoms with Gasteiger partial charge in [-0.2, -0.15) is 0 Å². The molecule has 26 heavy (non-hydrogen) atoms. The van der Waals surface area contributed by atoms with E-state index in [1.807, 2.05) is 12.3 Å². The smallest absolute Gasteiger partial charge is 0.223 e. The van der Waals surface area contributed by atoms with E-state index in [-0.39, 0.29) is 11.8 Å². The Kier molecular flexibility index (Phi) is 5.41. The van der Waals surface area contributed by atoms with Crippen LogP contribution in [0, 0.1) is 17.8 Å². The highest BCUT2D eigenvalue weighted by atomic mass is 16.2. The van der Waals surface area contributed by atoms with Crippen LogP contribution in [0.1, 0.15) is 24.8 Å². The average Bonchev–Trinajstić information content (AvgIpc) is 3.49. The molecule has 2 saturated heterocycles. The summed E-state index contributed by atoms with van der Waals surface area (Å²) in [5, 5.41) is 6.57. The van der Waals surface area contributed by atoms with Crippen molar-refractivity contribution in [3.05, 3.63) is 23.9 Å². The molecule has 1 aromatic heterocycles. The molecule has 1 amide bonds. The zero-order chi connectivity index (χ0) is 17.9. The second-order valence-corrected chi connectivity index (χ2v) is 8.12. The monoisotopic (exact) mass is 357 g/mol. The Labute approximate surface area is 156 Å². The Morgan fingerprint density at radius 3 is 2.81 bits per heavy atom. The largest absolute Gasteiger partial charge is 0.354 e. The summed E-state index contributed by atoms with van der Waals surface area (Å²) in [5.74, 6) is 2.89. The van der Waals surface area contributed by atoms with Crippen molar-refractivity contribution in [1.82, 2.24) is 20.5 Å². The molecule has 2 aliphatic heterocycles. The number of piperidine rings is 1. The maximum atomic E-state index is 12.5. The van der Waals surface area contributed by atoms with Gasteiger partial charge in [0.1, 0.15) is 5.82 Å². The average molecular weight is 358 g/mol. The third-order valence-corrected chi connectivity index (χ3v) is 6.27. The van der Waals surface area contributed by atoms with Crippen LogP contribution in [-0.2, 0) is 11.3 Å². The van der Waals surface area contributed by atoms with Crippen LogP contribution >= 0.6 is 0 Å². The van der Waals surface area contributed by atoms with E-state index in [1.54, 1.807) is 0 Å². The highest BCUT2D eigenvalue weighted by molar-refractivity contribution is 5.81. The number of nitrogens with one attached hydrogen (secondary N) is 2. The predicted molar refractivity (Wildman–Crippen MR) is 103 cm³/mol. The Morgan fingerprint density at radius 1 is 1.27 bits per heavy atom. The summed E-state index contributed by atoms with van der Waals surface area (Å²) in [6.07, 6.45) is 5.41. The molecule has 0 bridgehead atoms. The third kappa shape index (κ3) is 4.18. The Balaban J connectivity index is 1.27. The fraction of sp³-hybridized carbons (Fsp3) is 0.700. The van der Waals surface area contributed by atoms with E-state index in [0.29, 0.717) is 12.5 Å². The molecule has 0 unspecified atom stereocenters. The number of carbonyl (C=O) groups is 1. The topological polar surface area (TPSA) is 60.5 Å². The summed E-state index contributed by atoms with van der Waals surface area (Å²) >= 11 is 0. The van der Waals surface area contributed by atoms with Gasteiger partial charge in [0.05, 0.1) is 0 Å². The molecule has 6 heteroatoms. The van der Waals surface area contributed by atoms with Crippen molar-refractivity contribution in [3.8, 4) is 0 Å².